The number of hydrogen-bond acceptors (Lipinski definition) is 3. The Kier molecular flexibility index (Phi) is 3.17. The third kappa shape index (κ3) is 2.65. The van der Waals surface area contributed by atoms with Crippen LogP contribution in [0, 0.1) is 0 Å². The predicted molar refractivity (Wildman–Crippen MR) is 59.6 cm³/mol. The number of nitrogens with two attached hydrogens (primary N) is 1. The number of benzene rings is 1. The fraction of sp³-hybridized carbons (Fsp3) is 0.182. The van der Waals surface area contributed by atoms with Gasteiger partial charge in [-0.1, -0.05) is 12.1 Å². The maximum atomic E-state index is 12.4. The van der Waals surface area contributed by atoms with E-state index in [2.05, 4.69) is 4.98 Å². The van der Waals surface area contributed by atoms with E-state index in [1.807, 2.05) is 0 Å². The lowest BCUT2D eigenvalue weighted by molar-refractivity contribution is -0.137. The van der Waals surface area contributed by atoms with Gasteiger partial charge in [-0.15, -0.1) is 11.3 Å². The summed E-state index contributed by atoms with van der Waals surface area (Å²) in [6.07, 6.45) is -2.70. The van der Waals surface area contributed by atoms with E-state index in [-0.39, 0.29) is 0 Å². The molecule has 0 radical (unpaired) electrons. The normalized spacial score (nSPS) is 13.6. The lowest BCUT2D eigenvalue weighted by Crippen LogP contribution is -2.12. The van der Waals surface area contributed by atoms with Gasteiger partial charge in [0, 0.05) is 11.6 Å². The number of aromatic nitrogens is 1. The van der Waals surface area contributed by atoms with Crippen LogP contribution in [-0.4, -0.2) is 4.98 Å². The van der Waals surface area contributed by atoms with Gasteiger partial charge in [0.25, 0.3) is 0 Å². The van der Waals surface area contributed by atoms with Crippen molar-refractivity contribution >= 4 is 11.3 Å². The molecule has 0 saturated carbocycles. The van der Waals surface area contributed by atoms with Crippen LogP contribution in [0.2, 0.25) is 0 Å². The van der Waals surface area contributed by atoms with E-state index in [1.54, 1.807) is 11.6 Å². The Morgan fingerprint density at radius 1 is 1.18 bits per heavy atom. The molecule has 6 heteroatoms. The Balaban J connectivity index is 2.24. The van der Waals surface area contributed by atoms with Crippen LogP contribution in [0.1, 0.15) is 22.2 Å². The van der Waals surface area contributed by atoms with Gasteiger partial charge in [-0.05, 0) is 17.7 Å². The van der Waals surface area contributed by atoms with E-state index in [4.69, 9.17) is 5.73 Å². The quantitative estimate of drug-likeness (QED) is 0.898. The molecule has 17 heavy (non-hydrogen) atoms. The zero-order chi connectivity index (χ0) is 12.5. The second-order valence-electron chi connectivity index (χ2n) is 3.47. The van der Waals surface area contributed by atoms with Gasteiger partial charge in [0.2, 0.25) is 0 Å². The molecule has 0 aliphatic rings. The van der Waals surface area contributed by atoms with Crippen molar-refractivity contribution in [2.24, 2.45) is 5.73 Å². The lowest BCUT2D eigenvalue weighted by Gasteiger charge is -2.11. The summed E-state index contributed by atoms with van der Waals surface area (Å²) < 4.78 is 37.1. The third-order valence-corrected chi connectivity index (χ3v) is 3.17. The smallest absolute Gasteiger partial charge is 0.318 e. The van der Waals surface area contributed by atoms with Crippen LogP contribution in [0.25, 0.3) is 0 Å². The Morgan fingerprint density at radius 2 is 1.82 bits per heavy atom. The monoisotopic (exact) mass is 258 g/mol. The molecule has 0 spiro atoms. The topological polar surface area (TPSA) is 38.9 Å². The number of thiazole rings is 1. The molecular weight excluding hydrogens is 249 g/mol. The summed E-state index contributed by atoms with van der Waals surface area (Å²) in [6, 6.07) is 4.35. The SMILES string of the molecule is NC(c1ccc(C(F)(F)F)cc1)c1nccs1. The highest BCUT2D eigenvalue weighted by molar-refractivity contribution is 7.09. The second kappa shape index (κ2) is 4.46. The molecule has 0 saturated heterocycles. The van der Waals surface area contributed by atoms with Crippen LogP contribution in [0.4, 0.5) is 13.2 Å². The summed E-state index contributed by atoms with van der Waals surface area (Å²) in [5, 5.41) is 2.46. The minimum Gasteiger partial charge on any atom is -0.318 e. The molecule has 0 bridgehead atoms. The van der Waals surface area contributed by atoms with E-state index in [0.29, 0.717) is 10.6 Å². The number of alkyl halides is 3. The van der Waals surface area contributed by atoms with Crippen molar-refractivity contribution in [3.05, 3.63) is 52.0 Å². The van der Waals surface area contributed by atoms with Crippen molar-refractivity contribution in [1.82, 2.24) is 4.98 Å². The summed E-state index contributed by atoms with van der Waals surface area (Å²) in [5.41, 5.74) is 5.83. The third-order valence-electron chi connectivity index (χ3n) is 2.31. The molecule has 1 aromatic heterocycles. The van der Waals surface area contributed by atoms with Gasteiger partial charge in [0.15, 0.2) is 0 Å². The molecule has 0 fully saturated rings. The van der Waals surface area contributed by atoms with Crippen molar-refractivity contribution in [3.63, 3.8) is 0 Å². The summed E-state index contributed by atoms with van der Waals surface area (Å²) >= 11 is 1.38. The molecular formula is C11H9F3N2S. The van der Waals surface area contributed by atoms with Gasteiger partial charge in [0.1, 0.15) is 5.01 Å². The standard InChI is InChI=1S/C11H9F3N2S/c12-11(13,14)8-3-1-7(2-4-8)9(15)10-16-5-6-17-10/h1-6,9H,15H2. The fourth-order valence-corrected chi connectivity index (χ4v) is 2.08. The molecule has 0 aliphatic carbocycles. The minimum absolute atomic E-state index is 0.475. The minimum atomic E-state index is -4.32. The molecule has 2 rings (SSSR count). The summed E-state index contributed by atoms with van der Waals surface area (Å²) in [7, 11) is 0. The predicted octanol–water partition coefficient (Wildman–Crippen LogP) is 3.21. The second-order valence-corrected chi connectivity index (χ2v) is 4.39. The molecule has 2 nitrogen and oxygen atoms in total. The molecule has 0 aliphatic heterocycles. The summed E-state index contributed by atoms with van der Waals surface area (Å²) in [4.78, 5) is 4.04. The number of rotatable bonds is 2. The molecule has 1 atom stereocenters. The zero-order valence-electron chi connectivity index (χ0n) is 8.61. The van der Waals surface area contributed by atoms with Gasteiger partial charge < -0.3 is 5.73 Å². The zero-order valence-corrected chi connectivity index (χ0v) is 9.42. The number of hydrogen-bond donors (Lipinski definition) is 1. The molecule has 0 amide bonds. The molecule has 90 valence electrons. The fourth-order valence-electron chi connectivity index (χ4n) is 1.41. The van der Waals surface area contributed by atoms with Gasteiger partial charge in [0.05, 0.1) is 11.6 Å². The van der Waals surface area contributed by atoms with E-state index in [1.165, 1.54) is 23.5 Å². The van der Waals surface area contributed by atoms with Crippen molar-refractivity contribution in [1.29, 1.82) is 0 Å². The first-order chi connectivity index (χ1) is 7.98. The van der Waals surface area contributed by atoms with E-state index < -0.39 is 17.8 Å². The van der Waals surface area contributed by atoms with Gasteiger partial charge in [-0.2, -0.15) is 13.2 Å². The van der Waals surface area contributed by atoms with Crippen molar-refractivity contribution in [2.45, 2.75) is 12.2 Å². The highest BCUT2D eigenvalue weighted by Crippen LogP contribution is 2.30. The number of halogens is 3. The van der Waals surface area contributed by atoms with Crippen LogP contribution < -0.4 is 5.73 Å². The lowest BCUT2D eigenvalue weighted by atomic mass is 10.1. The molecule has 1 aromatic carbocycles. The van der Waals surface area contributed by atoms with Crippen LogP contribution in [-0.2, 0) is 6.18 Å². The van der Waals surface area contributed by atoms with Crippen LogP contribution in [0.3, 0.4) is 0 Å². The molecule has 1 unspecified atom stereocenters. The van der Waals surface area contributed by atoms with Gasteiger partial charge in [-0.25, -0.2) is 4.98 Å². The van der Waals surface area contributed by atoms with Gasteiger partial charge >= 0.3 is 6.18 Å². The highest BCUT2D eigenvalue weighted by atomic mass is 32.1. The van der Waals surface area contributed by atoms with E-state index in [0.717, 1.165) is 12.1 Å². The largest absolute Gasteiger partial charge is 0.416 e. The highest BCUT2D eigenvalue weighted by Gasteiger charge is 2.30. The Labute approximate surface area is 99.9 Å². The Bertz CT molecular complexity index is 476. The Hall–Kier alpha value is -1.40. The van der Waals surface area contributed by atoms with Crippen LogP contribution in [0.15, 0.2) is 35.8 Å². The van der Waals surface area contributed by atoms with Crippen LogP contribution in [0.5, 0.6) is 0 Å². The average molecular weight is 258 g/mol. The van der Waals surface area contributed by atoms with Crippen LogP contribution >= 0.6 is 11.3 Å². The number of nitrogens with zero attached hydrogens (tertiary/aromatic N) is 1. The molecule has 1 heterocycles. The Morgan fingerprint density at radius 3 is 2.29 bits per heavy atom. The first-order valence-corrected chi connectivity index (χ1v) is 5.68. The summed E-state index contributed by atoms with van der Waals surface area (Å²) in [6.45, 7) is 0. The first-order valence-electron chi connectivity index (χ1n) is 4.80. The van der Waals surface area contributed by atoms with Gasteiger partial charge in [-0.3, -0.25) is 0 Å². The summed E-state index contributed by atoms with van der Waals surface area (Å²) in [5.74, 6) is 0. The van der Waals surface area contributed by atoms with E-state index in [9.17, 15) is 13.2 Å². The maximum absolute atomic E-state index is 12.4. The first kappa shape index (κ1) is 12.1. The maximum Gasteiger partial charge on any atom is 0.416 e. The molecule has 2 aromatic rings. The van der Waals surface area contributed by atoms with Crippen molar-refractivity contribution in [3.8, 4) is 0 Å². The average Bonchev–Trinajstić information content (AvgIpc) is 2.80. The van der Waals surface area contributed by atoms with Crippen molar-refractivity contribution in [2.75, 3.05) is 0 Å². The van der Waals surface area contributed by atoms with E-state index >= 15 is 0 Å². The molecule has 2 N–H and O–H groups in total. The van der Waals surface area contributed by atoms with Crippen molar-refractivity contribution < 1.29 is 13.2 Å².